The van der Waals surface area contributed by atoms with E-state index in [1.807, 2.05) is 12.1 Å². The molecule has 0 heterocycles. The molecule has 0 saturated heterocycles. The molecule has 1 aromatic carbocycles. The first-order chi connectivity index (χ1) is 7.38. The molecule has 0 bridgehead atoms. The summed E-state index contributed by atoms with van der Waals surface area (Å²) in [5.74, 6) is 0.982. The summed E-state index contributed by atoms with van der Waals surface area (Å²) in [7, 11) is 0. The van der Waals surface area contributed by atoms with Gasteiger partial charge in [-0.15, -0.1) is 0 Å². The molecule has 1 fully saturated rings. The lowest BCUT2D eigenvalue weighted by Crippen LogP contribution is -2.01. The number of nitrogens with one attached hydrogen (secondary N) is 1. The maximum Gasteiger partial charge on any atom is 0.0669 e. The van der Waals surface area contributed by atoms with Gasteiger partial charge in [0.1, 0.15) is 0 Å². The maximum absolute atomic E-state index is 8.53. The van der Waals surface area contributed by atoms with Crippen LogP contribution in [0.15, 0.2) is 24.3 Å². The van der Waals surface area contributed by atoms with Gasteiger partial charge in [-0.1, -0.05) is 25.0 Å². The van der Waals surface area contributed by atoms with Gasteiger partial charge in [-0.25, -0.2) is 0 Å². The number of rotatable bonds is 5. The predicted molar refractivity (Wildman–Crippen MR) is 61.6 cm³/mol. The van der Waals surface area contributed by atoms with Gasteiger partial charge >= 0.3 is 0 Å². The lowest BCUT2D eigenvalue weighted by atomic mass is 10.1. The SMILES string of the molecule is N#CCc1ccc(NCCC2CC2)cc1. The number of nitriles is 1. The van der Waals surface area contributed by atoms with E-state index in [1.165, 1.54) is 19.3 Å². The van der Waals surface area contributed by atoms with Gasteiger partial charge < -0.3 is 5.32 Å². The molecule has 15 heavy (non-hydrogen) atoms. The van der Waals surface area contributed by atoms with E-state index < -0.39 is 0 Å². The second-order valence-corrected chi connectivity index (χ2v) is 4.19. The number of anilines is 1. The highest BCUT2D eigenvalue weighted by Gasteiger charge is 2.19. The first-order valence-corrected chi connectivity index (χ1v) is 5.58. The monoisotopic (exact) mass is 200 g/mol. The molecule has 2 rings (SSSR count). The molecule has 1 saturated carbocycles. The van der Waals surface area contributed by atoms with Crippen molar-refractivity contribution in [3.63, 3.8) is 0 Å². The van der Waals surface area contributed by atoms with Crippen LogP contribution >= 0.6 is 0 Å². The summed E-state index contributed by atoms with van der Waals surface area (Å²) < 4.78 is 0. The van der Waals surface area contributed by atoms with Crippen LogP contribution < -0.4 is 5.32 Å². The van der Waals surface area contributed by atoms with Crippen molar-refractivity contribution in [2.24, 2.45) is 5.92 Å². The molecule has 1 aliphatic carbocycles. The molecule has 0 atom stereocenters. The predicted octanol–water partition coefficient (Wildman–Crippen LogP) is 2.96. The van der Waals surface area contributed by atoms with Crippen LogP contribution in [0.4, 0.5) is 5.69 Å². The van der Waals surface area contributed by atoms with Gasteiger partial charge in [0.25, 0.3) is 0 Å². The highest BCUT2D eigenvalue weighted by molar-refractivity contribution is 5.44. The third-order valence-corrected chi connectivity index (χ3v) is 2.82. The van der Waals surface area contributed by atoms with Gasteiger partial charge in [-0.3, -0.25) is 0 Å². The first kappa shape index (κ1) is 10.0. The topological polar surface area (TPSA) is 35.8 Å². The van der Waals surface area contributed by atoms with Crippen molar-refractivity contribution in [3.8, 4) is 6.07 Å². The molecule has 0 aromatic heterocycles. The van der Waals surface area contributed by atoms with E-state index in [2.05, 4.69) is 23.5 Å². The van der Waals surface area contributed by atoms with Gasteiger partial charge in [0.05, 0.1) is 12.5 Å². The Kier molecular flexibility index (Phi) is 3.24. The Morgan fingerprint density at radius 1 is 1.27 bits per heavy atom. The Morgan fingerprint density at radius 3 is 2.60 bits per heavy atom. The Labute approximate surface area is 90.9 Å². The Hall–Kier alpha value is -1.49. The fourth-order valence-electron chi connectivity index (χ4n) is 1.66. The minimum atomic E-state index is 0.502. The zero-order valence-corrected chi connectivity index (χ0v) is 8.87. The van der Waals surface area contributed by atoms with Crippen LogP contribution in [-0.2, 0) is 6.42 Å². The van der Waals surface area contributed by atoms with Crippen LogP contribution in [0, 0.1) is 17.2 Å². The third-order valence-electron chi connectivity index (χ3n) is 2.82. The summed E-state index contributed by atoms with van der Waals surface area (Å²) in [5, 5.41) is 11.9. The van der Waals surface area contributed by atoms with Crippen molar-refractivity contribution < 1.29 is 0 Å². The molecule has 1 N–H and O–H groups in total. The summed E-state index contributed by atoms with van der Waals surface area (Å²) in [5.41, 5.74) is 2.25. The molecule has 0 aliphatic heterocycles. The van der Waals surface area contributed by atoms with Crippen molar-refractivity contribution in [1.82, 2.24) is 0 Å². The van der Waals surface area contributed by atoms with Crippen molar-refractivity contribution in [1.29, 1.82) is 5.26 Å². The van der Waals surface area contributed by atoms with E-state index in [0.717, 1.165) is 23.7 Å². The molecule has 1 aliphatic rings. The van der Waals surface area contributed by atoms with Crippen LogP contribution in [0.3, 0.4) is 0 Å². The minimum Gasteiger partial charge on any atom is -0.385 e. The molecule has 2 heteroatoms. The average Bonchev–Trinajstić information content (AvgIpc) is 3.05. The van der Waals surface area contributed by atoms with Crippen molar-refractivity contribution in [2.75, 3.05) is 11.9 Å². The van der Waals surface area contributed by atoms with Gasteiger partial charge in [-0.2, -0.15) is 5.26 Å². The lowest BCUT2D eigenvalue weighted by molar-refractivity contribution is 0.760. The summed E-state index contributed by atoms with van der Waals surface area (Å²) in [6, 6.07) is 10.3. The first-order valence-electron chi connectivity index (χ1n) is 5.58. The lowest BCUT2D eigenvalue weighted by Gasteiger charge is -2.05. The molecular formula is C13H16N2. The fraction of sp³-hybridized carbons (Fsp3) is 0.462. The van der Waals surface area contributed by atoms with Gasteiger partial charge in [0.15, 0.2) is 0 Å². The fourth-order valence-corrected chi connectivity index (χ4v) is 1.66. The van der Waals surface area contributed by atoms with Gasteiger partial charge in [0, 0.05) is 12.2 Å². The van der Waals surface area contributed by atoms with E-state index in [0.29, 0.717) is 6.42 Å². The molecule has 78 valence electrons. The van der Waals surface area contributed by atoms with Crippen LogP contribution in [0.25, 0.3) is 0 Å². The average molecular weight is 200 g/mol. The van der Waals surface area contributed by atoms with E-state index in [1.54, 1.807) is 0 Å². The van der Waals surface area contributed by atoms with Crippen molar-refractivity contribution in [2.45, 2.75) is 25.7 Å². The maximum atomic E-state index is 8.53. The molecule has 2 nitrogen and oxygen atoms in total. The molecule has 0 amide bonds. The van der Waals surface area contributed by atoms with E-state index in [9.17, 15) is 0 Å². The van der Waals surface area contributed by atoms with E-state index in [4.69, 9.17) is 5.26 Å². The molecule has 1 aromatic rings. The molecule has 0 unspecified atom stereocenters. The molecule has 0 radical (unpaired) electrons. The summed E-state index contributed by atoms with van der Waals surface area (Å²) in [6.45, 7) is 1.07. The largest absolute Gasteiger partial charge is 0.385 e. The normalized spacial score (nSPS) is 14.6. The van der Waals surface area contributed by atoms with Crippen molar-refractivity contribution in [3.05, 3.63) is 29.8 Å². The number of benzene rings is 1. The second kappa shape index (κ2) is 4.84. The number of hydrogen-bond donors (Lipinski definition) is 1. The Balaban J connectivity index is 1.78. The van der Waals surface area contributed by atoms with Gasteiger partial charge in [0.2, 0.25) is 0 Å². The van der Waals surface area contributed by atoms with Crippen LogP contribution in [0.1, 0.15) is 24.8 Å². The third kappa shape index (κ3) is 3.28. The van der Waals surface area contributed by atoms with E-state index >= 15 is 0 Å². The number of hydrogen-bond acceptors (Lipinski definition) is 2. The Bertz CT molecular complexity index is 344. The summed E-state index contributed by atoms with van der Waals surface area (Å²) in [6.07, 6.45) is 4.63. The van der Waals surface area contributed by atoms with E-state index in [-0.39, 0.29) is 0 Å². The number of nitrogens with zero attached hydrogens (tertiary/aromatic N) is 1. The van der Waals surface area contributed by atoms with Gasteiger partial charge in [-0.05, 0) is 30.0 Å². The highest BCUT2D eigenvalue weighted by Crippen LogP contribution is 2.32. The Morgan fingerprint density at radius 2 is 2.00 bits per heavy atom. The smallest absolute Gasteiger partial charge is 0.0669 e. The molecular weight excluding hydrogens is 184 g/mol. The molecule has 0 spiro atoms. The zero-order valence-electron chi connectivity index (χ0n) is 8.87. The standard InChI is InChI=1S/C13H16N2/c14-9-7-11-3-5-13(6-4-11)15-10-8-12-1-2-12/h3-6,12,15H,1-2,7-8,10H2. The summed E-state index contributed by atoms with van der Waals surface area (Å²) >= 11 is 0. The van der Waals surface area contributed by atoms with Crippen LogP contribution in [0.2, 0.25) is 0 Å². The quantitative estimate of drug-likeness (QED) is 0.793. The summed E-state index contributed by atoms with van der Waals surface area (Å²) in [4.78, 5) is 0. The second-order valence-electron chi connectivity index (χ2n) is 4.19. The van der Waals surface area contributed by atoms with Crippen molar-refractivity contribution >= 4 is 5.69 Å². The van der Waals surface area contributed by atoms with Crippen LogP contribution in [0.5, 0.6) is 0 Å². The minimum absolute atomic E-state index is 0.502. The zero-order chi connectivity index (χ0) is 10.5. The highest BCUT2D eigenvalue weighted by atomic mass is 14.9. The van der Waals surface area contributed by atoms with Crippen LogP contribution in [-0.4, -0.2) is 6.54 Å².